The molecule has 26 heavy (non-hydrogen) atoms. The molecule has 1 aromatic carbocycles. The lowest BCUT2D eigenvalue weighted by Crippen LogP contribution is -2.34. The van der Waals surface area contributed by atoms with Gasteiger partial charge in [-0.25, -0.2) is 0 Å². The van der Waals surface area contributed by atoms with Crippen LogP contribution in [0.3, 0.4) is 0 Å². The summed E-state index contributed by atoms with van der Waals surface area (Å²) in [6, 6.07) is 3.88. The Labute approximate surface area is 152 Å². The molecule has 1 atom stereocenters. The fraction of sp³-hybridized carbons (Fsp3) is 0.474. The first kappa shape index (κ1) is 16.9. The number of hydrogen-bond donors (Lipinski definition) is 0. The molecule has 0 amide bonds. The van der Waals surface area contributed by atoms with E-state index in [-0.39, 0.29) is 18.6 Å². The van der Waals surface area contributed by atoms with Crippen LogP contribution in [-0.2, 0) is 17.8 Å². The van der Waals surface area contributed by atoms with Crippen molar-refractivity contribution in [2.45, 2.75) is 31.8 Å². The Morgan fingerprint density at radius 3 is 3.08 bits per heavy atom. The quantitative estimate of drug-likeness (QED) is 0.790. The molecule has 7 nitrogen and oxygen atoms in total. The molecule has 0 N–H and O–H groups in total. The molecule has 0 bridgehead atoms. The van der Waals surface area contributed by atoms with Crippen LogP contribution in [0.4, 0.5) is 0 Å². The maximum Gasteiger partial charge on any atom is 0.231 e. The smallest absolute Gasteiger partial charge is 0.231 e. The number of hydrogen-bond acceptors (Lipinski definition) is 6. The van der Waals surface area contributed by atoms with Gasteiger partial charge in [-0.1, -0.05) is 0 Å². The number of benzene rings is 1. The summed E-state index contributed by atoms with van der Waals surface area (Å²) < 4.78 is 18.6. The van der Waals surface area contributed by atoms with Crippen LogP contribution in [0.15, 0.2) is 24.5 Å². The van der Waals surface area contributed by atoms with Crippen LogP contribution in [0, 0.1) is 0 Å². The molecule has 1 unspecified atom stereocenters. The average molecular weight is 357 g/mol. The molecule has 0 spiro atoms. The topological polar surface area (TPSA) is 65.8 Å². The molecule has 0 aliphatic carbocycles. The molecule has 2 aliphatic heterocycles. The first-order chi connectivity index (χ1) is 12.7. The van der Waals surface area contributed by atoms with Crippen LogP contribution in [0.25, 0.3) is 0 Å². The fourth-order valence-corrected chi connectivity index (χ4v) is 3.77. The van der Waals surface area contributed by atoms with Gasteiger partial charge in [0.2, 0.25) is 12.5 Å². The van der Waals surface area contributed by atoms with Crippen molar-refractivity contribution >= 4 is 5.78 Å². The van der Waals surface area contributed by atoms with E-state index in [0.717, 1.165) is 24.3 Å². The van der Waals surface area contributed by atoms with Crippen molar-refractivity contribution < 1.29 is 19.0 Å². The Morgan fingerprint density at radius 2 is 2.31 bits per heavy atom. The van der Waals surface area contributed by atoms with Crippen molar-refractivity contribution in [3.63, 3.8) is 0 Å². The minimum Gasteiger partial charge on any atom is -0.492 e. The Balaban J connectivity index is 1.58. The molecule has 2 aromatic rings. The van der Waals surface area contributed by atoms with Crippen molar-refractivity contribution in [3.05, 3.63) is 35.7 Å². The Bertz CT molecular complexity index is 804. The lowest BCUT2D eigenvalue weighted by Gasteiger charge is -2.35. The SMILES string of the molecule is COc1c2c(cc3c1C(CC(=O)CCn1cccn1)N(C)CC3)OCO2. The van der Waals surface area contributed by atoms with E-state index in [1.54, 1.807) is 18.0 Å². The number of fused-ring (bicyclic) bond motifs is 2. The van der Waals surface area contributed by atoms with Crippen LogP contribution in [0.5, 0.6) is 17.2 Å². The summed E-state index contributed by atoms with van der Waals surface area (Å²) >= 11 is 0. The number of carbonyl (C=O) groups is 1. The number of ether oxygens (including phenoxy) is 3. The maximum atomic E-state index is 12.6. The van der Waals surface area contributed by atoms with E-state index in [0.29, 0.717) is 30.9 Å². The molecule has 2 aliphatic rings. The Kier molecular flexibility index (Phi) is 4.55. The van der Waals surface area contributed by atoms with Gasteiger partial charge in [0.1, 0.15) is 5.78 Å². The predicted octanol–water partition coefficient (Wildman–Crippen LogP) is 2.20. The first-order valence-electron chi connectivity index (χ1n) is 8.86. The van der Waals surface area contributed by atoms with E-state index in [2.05, 4.69) is 17.0 Å². The minimum atomic E-state index is -0.0201. The van der Waals surface area contributed by atoms with E-state index in [4.69, 9.17) is 14.2 Å². The summed E-state index contributed by atoms with van der Waals surface area (Å²) in [5.41, 5.74) is 2.23. The molecule has 0 radical (unpaired) electrons. The maximum absolute atomic E-state index is 12.6. The molecule has 4 rings (SSSR count). The van der Waals surface area contributed by atoms with E-state index in [1.807, 2.05) is 18.3 Å². The third-order valence-corrected chi connectivity index (χ3v) is 5.15. The Morgan fingerprint density at radius 1 is 1.42 bits per heavy atom. The lowest BCUT2D eigenvalue weighted by atomic mass is 9.88. The van der Waals surface area contributed by atoms with Crippen LogP contribution in [0.1, 0.15) is 30.0 Å². The number of nitrogens with zero attached hydrogens (tertiary/aromatic N) is 3. The van der Waals surface area contributed by atoms with Crippen molar-refractivity contribution in [1.29, 1.82) is 0 Å². The molecule has 0 saturated heterocycles. The minimum absolute atomic E-state index is 0.0201. The number of aryl methyl sites for hydroxylation is 1. The van der Waals surface area contributed by atoms with Crippen molar-refractivity contribution in [3.8, 4) is 17.2 Å². The molecule has 0 fully saturated rings. The zero-order valence-electron chi connectivity index (χ0n) is 15.1. The summed E-state index contributed by atoms with van der Waals surface area (Å²) in [6.07, 6.45) is 5.41. The van der Waals surface area contributed by atoms with Gasteiger partial charge in [-0.15, -0.1) is 0 Å². The third-order valence-electron chi connectivity index (χ3n) is 5.15. The van der Waals surface area contributed by atoms with Crippen LogP contribution >= 0.6 is 0 Å². The van der Waals surface area contributed by atoms with Gasteiger partial charge in [-0.2, -0.15) is 5.10 Å². The third kappa shape index (κ3) is 3.03. The van der Waals surface area contributed by atoms with E-state index >= 15 is 0 Å². The molecule has 0 saturated carbocycles. The standard InChI is InChI=1S/C19H23N3O4/c1-21-8-4-13-10-16-18(26-12-25-16)19(24-2)17(13)15(21)11-14(23)5-9-22-7-3-6-20-22/h3,6-7,10,15H,4-5,8-9,11-12H2,1-2H3. The average Bonchev–Trinajstić information content (AvgIpc) is 3.32. The molecular weight excluding hydrogens is 334 g/mol. The van der Waals surface area contributed by atoms with Gasteiger partial charge in [0.25, 0.3) is 0 Å². The monoisotopic (exact) mass is 357 g/mol. The van der Waals surface area contributed by atoms with Gasteiger partial charge >= 0.3 is 0 Å². The van der Waals surface area contributed by atoms with Crippen LogP contribution < -0.4 is 14.2 Å². The number of ketones is 1. The lowest BCUT2D eigenvalue weighted by molar-refractivity contribution is -0.120. The number of carbonyl (C=O) groups excluding carboxylic acids is 1. The van der Waals surface area contributed by atoms with Crippen LogP contribution in [0.2, 0.25) is 0 Å². The Hall–Kier alpha value is -2.54. The van der Waals surface area contributed by atoms with Crippen molar-refractivity contribution in [2.24, 2.45) is 0 Å². The summed E-state index contributed by atoms with van der Waals surface area (Å²) in [4.78, 5) is 14.9. The molecule has 138 valence electrons. The number of rotatable bonds is 6. The normalized spacial score (nSPS) is 18.6. The van der Waals surface area contributed by atoms with Crippen molar-refractivity contribution in [1.82, 2.24) is 14.7 Å². The number of methoxy groups -OCH3 is 1. The number of Topliss-reactive ketones (excluding diaryl/α,β-unsaturated/α-hetero) is 1. The first-order valence-corrected chi connectivity index (χ1v) is 8.86. The summed E-state index contributed by atoms with van der Waals surface area (Å²) in [5, 5.41) is 4.16. The van der Waals surface area contributed by atoms with Crippen molar-refractivity contribution in [2.75, 3.05) is 27.5 Å². The molecular formula is C19H23N3O4. The fourth-order valence-electron chi connectivity index (χ4n) is 3.77. The summed E-state index contributed by atoms with van der Waals surface area (Å²) in [6.45, 7) is 1.71. The second kappa shape index (κ2) is 6.99. The molecule has 3 heterocycles. The predicted molar refractivity (Wildman–Crippen MR) is 94.7 cm³/mol. The summed E-state index contributed by atoms with van der Waals surface area (Å²) in [5.74, 6) is 2.29. The van der Waals surface area contributed by atoms with E-state index < -0.39 is 0 Å². The van der Waals surface area contributed by atoms with E-state index in [9.17, 15) is 4.79 Å². The summed E-state index contributed by atoms with van der Waals surface area (Å²) in [7, 11) is 3.70. The second-order valence-corrected chi connectivity index (χ2v) is 6.72. The van der Waals surface area contributed by atoms with E-state index in [1.165, 1.54) is 5.56 Å². The van der Waals surface area contributed by atoms with Gasteiger partial charge in [0.15, 0.2) is 11.5 Å². The van der Waals surface area contributed by atoms with Gasteiger partial charge in [-0.05, 0) is 31.2 Å². The zero-order chi connectivity index (χ0) is 18.1. The highest BCUT2D eigenvalue weighted by molar-refractivity contribution is 5.79. The largest absolute Gasteiger partial charge is 0.492 e. The highest BCUT2D eigenvalue weighted by Gasteiger charge is 2.34. The van der Waals surface area contributed by atoms with Gasteiger partial charge in [0.05, 0.1) is 7.11 Å². The highest BCUT2D eigenvalue weighted by Crippen LogP contribution is 2.50. The number of likely N-dealkylation sites (N-methyl/N-ethyl adjacent to an activating group) is 1. The van der Waals surface area contributed by atoms with Gasteiger partial charge in [0, 0.05) is 49.9 Å². The molecule has 1 aromatic heterocycles. The second-order valence-electron chi connectivity index (χ2n) is 6.72. The number of aromatic nitrogens is 2. The zero-order valence-corrected chi connectivity index (χ0v) is 15.1. The van der Waals surface area contributed by atoms with Crippen LogP contribution in [-0.4, -0.2) is 48.0 Å². The highest BCUT2D eigenvalue weighted by atomic mass is 16.7. The molecule has 7 heteroatoms. The van der Waals surface area contributed by atoms with Gasteiger partial charge in [-0.3, -0.25) is 14.4 Å². The van der Waals surface area contributed by atoms with Gasteiger partial charge < -0.3 is 14.2 Å².